The summed E-state index contributed by atoms with van der Waals surface area (Å²) in [6.45, 7) is 5.02. The van der Waals surface area contributed by atoms with E-state index in [0.29, 0.717) is 18.9 Å². The Balaban J connectivity index is 2.29. The van der Waals surface area contributed by atoms with Crippen LogP contribution in [0.3, 0.4) is 0 Å². The number of thiazole rings is 1. The Morgan fingerprint density at radius 1 is 1.19 bits per heavy atom. The van der Waals surface area contributed by atoms with E-state index < -0.39 is 6.29 Å². The maximum atomic E-state index is 5.47. The van der Waals surface area contributed by atoms with E-state index in [1.165, 1.54) is 11.3 Å². The molecular weight excluding hydrogens is 226 g/mol. The zero-order valence-electron chi connectivity index (χ0n) is 9.21. The monoisotopic (exact) mass is 239 g/mol. The van der Waals surface area contributed by atoms with Crippen molar-refractivity contribution in [3.8, 4) is 0 Å². The molecule has 0 saturated heterocycles. The average Bonchev–Trinajstić information content (AvgIpc) is 2.72. The molecule has 6 heteroatoms. The van der Waals surface area contributed by atoms with Crippen LogP contribution in [0, 0.1) is 0 Å². The molecule has 0 aromatic carbocycles. The maximum absolute atomic E-state index is 5.47. The summed E-state index contributed by atoms with van der Waals surface area (Å²) in [5.41, 5.74) is 0.645. The number of hydrogen-bond donors (Lipinski definition) is 0. The van der Waals surface area contributed by atoms with Crippen LogP contribution in [0.15, 0.2) is 12.4 Å². The summed E-state index contributed by atoms with van der Waals surface area (Å²) in [6.07, 6.45) is 2.87. The van der Waals surface area contributed by atoms with Crippen molar-refractivity contribution in [1.29, 1.82) is 0 Å². The normalized spacial score (nSPS) is 11.4. The molecule has 0 aliphatic carbocycles. The van der Waals surface area contributed by atoms with Gasteiger partial charge in [0, 0.05) is 25.6 Å². The lowest BCUT2D eigenvalue weighted by atomic mass is 10.6. The zero-order chi connectivity index (χ0) is 11.4. The summed E-state index contributed by atoms with van der Waals surface area (Å²) >= 11 is 1.45. The molecule has 0 aliphatic rings. The second kappa shape index (κ2) is 5.29. The van der Waals surface area contributed by atoms with Crippen molar-refractivity contribution in [2.45, 2.75) is 20.1 Å². The predicted octanol–water partition coefficient (Wildman–Crippen LogP) is 2.16. The molecule has 2 rings (SSSR count). The van der Waals surface area contributed by atoms with Crippen molar-refractivity contribution < 1.29 is 9.47 Å². The molecular formula is C10H13N3O2S. The minimum absolute atomic E-state index is 0.406. The molecule has 2 aromatic heterocycles. The van der Waals surface area contributed by atoms with Gasteiger partial charge < -0.3 is 9.47 Å². The molecule has 0 radical (unpaired) electrons. The van der Waals surface area contributed by atoms with Gasteiger partial charge in [-0.3, -0.25) is 0 Å². The molecule has 0 atom stereocenters. The van der Waals surface area contributed by atoms with Crippen LogP contribution in [-0.4, -0.2) is 28.2 Å². The van der Waals surface area contributed by atoms with Gasteiger partial charge in [-0.1, -0.05) is 11.3 Å². The lowest BCUT2D eigenvalue weighted by Crippen LogP contribution is -2.08. The van der Waals surface area contributed by atoms with Gasteiger partial charge in [0.1, 0.15) is 0 Å². The van der Waals surface area contributed by atoms with Gasteiger partial charge in [-0.05, 0) is 13.8 Å². The Morgan fingerprint density at radius 2 is 1.88 bits per heavy atom. The van der Waals surface area contributed by atoms with E-state index in [1.54, 1.807) is 12.4 Å². The minimum atomic E-state index is -0.406. The largest absolute Gasteiger partial charge is 0.347 e. The Kier molecular flexibility index (Phi) is 3.76. The van der Waals surface area contributed by atoms with Gasteiger partial charge in [-0.2, -0.15) is 0 Å². The Morgan fingerprint density at radius 3 is 2.50 bits per heavy atom. The smallest absolute Gasteiger partial charge is 0.211 e. The molecule has 2 aromatic rings. The molecule has 2 heterocycles. The number of fused-ring (bicyclic) bond motifs is 1. The lowest BCUT2D eigenvalue weighted by Gasteiger charge is -2.13. The van der Waals surface area contributed by atoms with Crippen molar-refractivity contribution in [3.63, 3.8) is 0 Å². The van der Waals surface area contributed by atoms with E-state index >= 15 is 0 Å². The average molecular weight is 239 g/mol. The van der Waals surface area contributed by atoms with Gasteiger partial charge in [0.15, 0.2) is 15.5 Å². The van der Waals surface area contributed by atoms with Crippen molar-refractivity contribution in [3.05, 3.63) is 17.4 Å². The summed E-state index contributed by atoms with van der Waals surface area (Å²) < 4.78 is 10.9. The van der Waals surface area contributed by atoms with Crippen molar-refractivity contribution >= 4 is 21.8 Å². The Hall–Kier alpha value is -1.11. The number of rotatable bonds is 5. The fraction of sp³-hybridized carbons (Fsp3) is 0.500. The minimum Gasteiger partial charge on any atom is -0.347 e. The zero-order valence-corrected chi connectivity index (χ0v) is 10.0. The van der Waals surface area contributed by atoms with Gasteiger partial charge in [-0.15, -0.1) is 0 Å². The highest BCUT2D eigenvalue weighted by Gasteiger charge is 2.17. The number of nitrogens with zero attached hydrogens (tertiary/aromatic N) is 3. The molecule has 0 spiro atoms. The Labute approximate surface area is 97.5 Å². The summed E-state index contributed by atoms with van der Waals surface area (Å²) in [5.74, 6) is 0. The molecule has 0 saturated carbocycles. The highest BCUT2D eigenvalue weighted by atomic mass is 32.1. The predicted molar refractivity (Wildman–Crippen MR) is 61.2 cm³/mol. The first-order valence-corrected chi connectivity index (χ1v) is 5.97. The highest BCUT2D eigenvalue weighted by Crippen LogP contribution is 2.26. The molecule has 0 fully saturated rings. The third-order valence-electron chi connectivity index (χ3n) is 1.90. The maximum Gasteiger partial charge on any atom is 0.211 e. The van der Waals surface area contributed by atoms with Gasteiger partial charge >= 0.3 is 0 Å². The molecule has 0 amide bonds. The van der Waals surface area contributed by atoms with Crippen LogP contribution in [0.1, 0.15) is 25.1 Å². The number of aromatic nitrogens is 3. The molecule has 16 heavy (non-hydrogen) atoms. The summed E-state index contributed by atoms with van der Waals surface area (Å²) in [7, 11) is 0. The first-order chi connectivity index (χ1) is 7.85. The second-order valence-electron chi connectivity index (χ2n) is 2.98. The second-order valence-corrected chi connectivity index (χ2v) is 3.99. The van der Waals surface area contributed by atoms with Gasteiger partial charge in [0.2, 0.25) is 6.29 Å². The van der Waals surface area contributed by atoms with Crippen LogP contribution in [-0.2, 0) is 9.47 Å². The van der Waals surface area contributed by atoms with Crippen LogP contribution in [0.2, 0.25) is 0 Å². The Bertz CT molecular complexity index is 421. The van der Waals surface area contributed by atoms with Crippen LogP contribution in [0.5, 0.6) is 0 Å². The first-order valence-electron chi connectivity index (χ1n) is 5.15. The van der Waals surface area contributed by atoms with E-state index in [-0.39, 0.29) is 0 Å². The third-order valence-corrected chi connectivity index (χ3v) is 2.88. The van der Waals surface area contributed by atoms with Gasteiger partial charge in [0.25, 0.3) is 0 Å². The number of hydrogen-bond acceptors (Lipinski definition) is 6. The molecule has 0 aliphatic heterocycles. The van der Waals surface area contributed by atoms with Crippen molar-refractivity contribution in [2.75, 3.05) is 13.2 Å². The van der Waals surface area contributed by atoms with Gasteiger partial charge in [0.05, 0.1) is 0 Å². The van der Waals surface area contributed by atoms with E-state index in [2.05, 4.69) is 15.0 Å². The fourth-order valence-electron chi connectivity index (χ4n) is 1.29. The summed E-state index contributed by atoms with van der Waals surface area (Å²) in [5, 5.41) is 0.768. The third kappa shape index (κ3) is 2.34. The van der Waals surface area contributed by atoms with Gasteiger partial charge in [-0.25, -0.2) is 15.0 Å². The van der Waals surface area contributed by atoms with Crippen LogP contribution < -0.4 is 0 Å². The molecule has 0 bridgehead atoms. The van der Waals surface area contributed by atoms with Crippen LogP contribution in [0.4, 0.5) is 0 Å². The van der Waals surface area contributed by atoms with Crippen molar-refractivity contribution in [2.24, 2.45) is 0 Å². The summed E-state index contributed by atoms with van der Waals surface area (Å²) in [4.78, 5) is 13.5. The fourth-order valence-corrected chi connectivity index (χ4v) is 2.15. The molecule has 0 N–H and O–H groups in total. The van der Waals surface area contributed by atoms with E-state index in [0.717, 1.165) is 9.84 Å². The molecule has 5 nitrogen and oxygen atoms in total. The lowest BCUT2D eigenvalue weighted by molar-refractivity contribution is -0.140. The first kappa shape index (κ1) is 11.4. The van der Waals surface area contributed by atoms with Crippen molar-refractivity contribution in [1.82, 2.24) is 15.0 Å². The number of ether oxygens (including phenoxy) is 2. The standard InChI is InChI=1S/C10H13N3O2S/c1-3-14-10(15-4-2)9-13-7-8(16-9)12-6-5-11-7/h5-6,10H,3-4H2,1-2H3. The van der Waals surface area contributed by atoms with E-state index in [1.807, 2.05) is 13.8 Å². The van der Waals surface area contributed by atoms with E-state index in [9.17, 15) is 0 Å². The quantitative estimate of drug-likeness (QED) is 0.748. The van der Waals surface area contributed by atoms with E-state index in [4.69, 9.17) is 9.47 Å². The molecule has 86 valence electrons. The van der Waals surface area contributed by atoms with Crippen LogP contribution >= 0.6 is 11.3 Å². The molecule has 0 unspecified atom stereocenters. The van der Waals surface area contributed by atoms with Crippen LogP contribution in [0.25, 0.3) is 10.5 Å². The topological polar surface area (TPSA) is 57.1 Å². The SMILES string of the molecule is CCOC(OCC)c1nc2nccnc2s1. The highest BCUT2D eigenvalue weighted by molar-refractivity contribution is 7.18. The summed E-state index contributed by atoms with van der Waals surface area (Å²) in [6, 6.07) is 0.